The molecule has 1 amide bonds. The van der Waals surface area contributed by atoms with E-state index in [1.54, 1.807) is 49.5 Å². The molecule has 0 spiro atoms. The van der Waals surface area contributed by atoms with E-state index in [0.29, 0.717) is 17.1 Å². The van der Waals surface area contributed by atoms with Crippen molar-refractivity contribution in [3.05, 3.63) is 48.5 Å². The van der Waals surface area contributed by atoms with Crippen molar-refractivity contribution in [3.8, 4) is 11.5 Å². The number of phenols is 1. The highest BCUT2D eigenvalue weighted by Crippen LogP contribution is 2.19. The highest BCUT2D eigenvalue weighted by Gasteiger charge is 2.11. The summed E-state index contributed by atoms with van der Waals surface area (Å²) < 4.78 is 5.49. The van der Waals surface area contributed by atoms with Gasteiger partial charge in [0.2, 0.25) is 5.91 Å². The first-order valence-corrected chi connectivity index (χ1v) is 6.60. The minimum Gasteiger partial charge on any atom is -0.508 e. The Bertz CT molecular complexity index is 628. The lowest BCUT2D eigenvalue weighted by Gasteiger charge is -2.17. The van der Waals surface area contributed by atoms with Crippen molar-refractivity contribution < 1.29 is 14.6 Å². The lowest BCUT2D eigenvalue weighted by atomic mass is 10.2. The number of amides is 1. The maximum Gasteiger partial charge on any atom is 0.230 e. The predicted molar refractivity (Wildman–Crippen MR) is 82.5 cm³/mol. The van der Waals surface area contributed by atoms with Gasteiger partial charge in [-0.15, -0.1) is 0 Å². The van der Waals surface area contributed by atoms with Crippen LogP contribution in [0.4, 0.5) is 11.4 Å². The van der Waals surface area contributed by atoms with E-state index in [4.69, 9.17) is 10.5 Å². The summed E-state index contributed by atoms with van der Waals surface area (Å²) in [4.78, 5) is 13.5. The summed E-state index contributed by atoms with van der Waals surface area (Å²) >= 11 is 0. The molecule has 2 rings (SSSR count). The molecule has 21 heavy (non-hydrogen) atoms. The summed E-state index contributed by atoms with van der Waals surface area (Å²) in [7, 11) is 1.66. The highest BCUT2D eigenvalue weighted by atomic mass is 16.5. The average Bonchev–Trinajstić information content (AvgIpc) is 2.46. The Kier molecular flexibility index (Phi) is 4.66. The Balaban J connectivity index is 1.87. The van der Waals surface area contributed by atoms with Gasteiger partial charge in [-0.3, -0.25) is 4.79 Å². The van der Waals surface area contributed by atoms with Gasteiger partial charge in [-0.25, -0.2) is 0 Å². The van der Waals surface area contributed by atoms with Crippen molar-refractivity contribution in [1.29, 1.82) is 0 Å². The highest BCUT2D eigenvalue weighted by molar-refractivity contribution is 5.93. The summed E-state index contributed by atoms with van der Waals surface area (Å²) in [6, 6.07) is 13.6. The van der Waals surface area contributed by atoms with Crippen LogP contribution < -0.4 is 15.4 Å². The van der Waals surface area contributed by atoms with Crippen molar-refractivity contribution >= 4 is 17.3 Å². The van der Waals surface area contributed by atoms with E-state index in [1.807, 2.05) is 0 Å². The number of carbonyl (C=O) groups is 1. The van der Waals surface area contributed by atoms with Crippen molar-refractivity contribution in [2.75, 3.05) is 24.3 Å². The molecule has 0 aromatic heterocycles. The minimum atomic E-state index is -0.0931. The average molecular weight is 286 g/mol. The van der Waals surface area contributed by atoms with Gasteiger partial charge in [-0.2, -0.15) is 0 Å². The molecule has 5 heteroatoms. The Morgan fingerprint density at radius 3 is 2.71 bits per heavy atom. The van der Waals surface area contributed by atoms with E-state index >= 15 is 0 Å². The fourth-order valence-electron chi connectivity index (χ4n) is 1.87. The third kappa shape index (κ3) is 4.14. The number of nitrogens with two attached hydrogens (primary N) is 1. The van der Waals surface area contributed by atoms with Gasteiger partial charge in [0.25, 0.3) is 0 Å². The Morgan fingerprint density at radius 1 is 1.24 bits per heavy atom. The van der Waals surface area contributed by atoms with Gasteiger partial charge in [0.05, 0.1) is 13.0 Å². The molecule has 0 fully saturated rings. The number of carbonyl (C=O) groups excluding carboxylic acids is 1. The van der Waals surface area contributed by atoms with Crippen molar-refractivity contribution in [2.45, 2.75) is 6.42 Å². The monoisotopic (exact) mass is 286 g/mol. The zero-order valence-electron chi connectivity index (χ0n) is 11.8. The molecular weight excluding hydrogens is 268 g/mol. The van der Waals surface area contributed by atoms with Crippen LogP contribution in [0.1, 0.15) is 6.42 Å². The Labute approximate surface area is 123 Å². The normalized spacial score (nSPS) is 10.1. The summed E-state index contributed by atoms with van der Waals surface area (Å²) in [5.74, 6) is 0.676. The number of anilines is 2. The number of nitrogen functional groups attached to an aromatic ring is 1. The van der Waals surface area contributed by atoms with Gasteiger partial charge < -0.3 is 20.5 Å². The molecule has 0 saturated carbocycles. The number of nitrogens with zero attached hydrogens (tertiary/aromatic N) is 1. The lowest BCUT2D eigenvalue weighted by molar-refractivity contribution is -0.118. The van der Waals surface area contributed by atoms with E-state index < -0.39 is 0 Å². The van der Waals surface area contributed by atoms with E-state index in [-0.39, 0.29) is 24.7 Å². The maximum absolute atomic E-state index is 12.1. The predicted octanol–water partition coefficient (Wildman–Crippen LogP) is 2.41. The number of aromatic hydroxyl groups is 1. The molecule has 0 atom stereocenters. The zero-order chi connectivity index (χ0) is 15.2. The number of benzene rings is 2. The van der Waals surface area contributed by atoms with Gasteiger partial charge in [-0.05, 0) is 24.3 Å². The van der Waals surface area contributed by atoms with E-state index in [9.17, 15) is 9.90 Å². The van der Waals surface area contributed by atoms with Gasteiger partial charge in [0, 0.05) is 30.6 Å². The van der Waals surface area contributed by atoms with Gasteiger partial charge in [-0.1, -0.05) is 12.1 Å². The second kappa shape index (κ2) is 6.65. The molecule has 0 aliphatic rings. The SMILES string of the molecule is CN(C(=O)CCOc1cccc(N)c1)c1cccc(O)c1. The van der Waals surface area contributed by atoms with Crippen molar-refractivity contribution in [3.63, 3.8) is 0 Å². The minimum absolute atomic E-state index is 0.0931. The molecule has 0 aliphatic carbocycles. The van der Waals surface area contributed by atoms with E-state index in [1.165, 1.54) is 11.0 Å². The first-order valence-electron chi connectivity index (χ1n) is 6.60. The first-order chi connectivity index (χ1) is 10.1. The molecule has 5 nitrogen and oxygen atoms in total. The van der Waals surface area contributed by atoms with Crippen LogP contribution in [0.15, 0.2) is 48.5 Å². The fraction of sp³-hybridized carbons (Fsp3) is 0.188. The zero-order valence-corrected chi connectivity index (χ0v) is 11.8. The van der Waals surface area contributed by atoms with Gasteiger partial charge in [0.15, 0.2) is 0 Å². The van der Waals surface area contributed by atoms with Crippen LogP contribution in [0.5, 0.6) is 11.5 Å². The van der Waals surface area contributed by atoms with Crippen LogP contribution in [0.25, 0.3) is 0 Å². The molecule has 110 valence electrons. The van der Waals surface area contributed by atoms with E-state index in [0.717, 1.165) is 0 Å². The molecule has 2 aromatic rings. The standard InChI is InChI=1S/C16H18N2O3/c1-18(13-5-3-6-14(19)11-13)16(20)8-9-21-15-7-2-4-12(17)10-15/h2-7,10-11,19H,8-9,17H2,1H3. The second-order valence-electron chi connectivity index (χ2n) is 4.64. The van der Waals surface area contributed by atoms with Crippen LogP contribution in [0, 0.1) is 0 Å². The topological polar surface area (TPSA) is 75.8 Å². The Hall–Kier alpha value is -2.69. The fourth-order valence-corrected chi connectivity index (χ4v) is 1.87. The molecule has 3 N–H and O–H groups in total. The van der Waals surface area contributed by atoms with Crippen LogP contribution in [-0.4, -0.2) is 24.7 Å². The van der Waals surface area contributed by atoms with Gasteiger partial charge >= 0.3 is 0 Å². The van der Waals surface area contributed by atoms with E-state index in [2.05, 4.69) is 0 Å². The third-order valence-corrected chi connectivity index (χ3v) is 3.03. The number of hydrogen-bond acceptors (Lipinski definition) is 4. The van der Waals surface area contributed by atoms with Crippen LogP contribution in [0.3, 0.4) is 0 Å². The molecule has 2 aromatic carbocycles. The first kappa shape index (κ1) is 14.7. The smallest absolute Gasteiger partial charge is 0.230 e. The molecular formula is C16H18N2O3. The summed E-state index contributed by atoms with van der Waals surface area (Å²) in [5.41, 5.74) is 6.91. The number of phenolic OH excluding ortho intramolecular Hbond substituents is 1. The maximum atomic E-state index is 12.1. The molecule has 0 heterocycles. The second-order valence-corrected chi connectivity index (χ2v) is 4.64. The molecule has 0 unspecified atom stereocenters. The Morgan fingerprint density at radius 2 is 2.00 bits per heavy atom. The van der Waals surface area contributed by atoms with Crippen LogP contribution >= 0.6 is 0 Å². The quantitative estimate of drug-likeness (QED) is 0.828. The molecule has 0 aliphatic heterocycles. The van der Waals surface area contributed by atoms with Gasteiger partial charge in [0.1, 0.15) is 11.5 Å². The van der Waals surface area contributed by atoms with Crippen LogP contribution in [-0.2, 0) is 4.79 Å². The summed E-state index contributed by atoms with van der Waals surface area (Å²) in [5, 5.41) is 9.42. The summed E-state index contributed by atoms with van der Waals surface area (Å²) in [6.45, 7) is 0.269. The number of rotatable bonds is 5. The third-order valence-electron chi connectivity index (χ3n) is 3.03. The molecule has 0 bridgehead atoms. The van der Waals surface area contributed by atoms with Crippen molar-refractivity contribution in [2.24, 2.45) is 0 Å². The van der Waals surface area contributed by atoms with Crippen molar-refractivity contribution in [1.82, 2.24) is 0 Å². The summed E-state index contributed by atoms with van der Waals surface area (Å²) in [6.07, 6.45) is 0.237. The largest absolute Gasteiger partial charge is 0.508 e. The molecule has 0 radical (unpaired) electrons. The molecule has 0 saturated heterocycles. The van der Waals surface area contributed by atoms with Crippen LogP contribution in [0.2, 0.25) is 0 Å². The number of hydrogen-bond donors (Lipinski definition) is 2. The lowest BCUT2D eigenvalue weighted by Crippen LogP contribution is -2.27. The number of ether oxygens (including phenoxy) is 1.